The Morgan fingerprint density at radius 3 is 2.55 bits per heavy atom. The Kier molecular flexibility index (Phi) is 4.57. The number of hydrogen-bond donors (Lipinski definition) is 2. The van der Waals surface area contributed by atoms with Crippen molar-refractivity contribution in [3.63, 3.8) is 0 Å². The third-order valence-corrected chi connectivity index (χ3v) is 3.17. The monoisotopic (exact) mass is 279 g/mol. The Morgan fingerprint density at radius 2 is 1.90 bits per heavy atom. The first kappa shape index (κ1) is 14.3. The first-order valence-corrected chi connectivity index (χ1v) is 6.45. The van der Waals surface area contributed by atoms with Gasteiger partial charge in [0.05, 0.1) is 19.5 Å². The van der Waals surface area contributed by atoms with Gasteiger partial charge in [0.1, 0.15) is 18.0 Å². The van der Waals surface area contributed by atoms with Crippen molar-refractivity contribution in [3.8, 4) is 5.75 Å². The van der Waals surface area contributed by atoms with Crippen molar-refractivity contribution < 1.29 is 24.5 Å². The van der Waals surface area contributed by atoms with E-state index in [2.05, 4.69) is 0 Å². The molecule has 1 aromatic carbocycles. The number of β-amino-alcohol motifs (C(OH)–C–C–N with tert-alkyl or cyclic N) is 1. The number of aliphatic hydroxyl groups excluding tert-OH is 1. The number of aliphatic carboxylic acids is 1. The predicted molar refractivity (Wildman–Crippen MR) is 70.3 cm³/mol. The van der Waals surface area contributed by atoms with E-state index < -0.39 is 18.2 Å². The van der Waals surface area contributed by atoms with Crippen LogP contribution in [-0.4, -0.2) is 52.3 Å². The largest absolute Gasteiger partial charge is 0.486 e. The van der Waals surface area contributed by atoms with E-state index in [-0.39, 0.29) is 31.8 Å². The molecule has 6 heteroatoms. The standard InChI is InChI=1S/C14H17NO5/c16-11-8-15(13(17)6-7-14(18)19)9-12(11)20-10-4-2-1-3-5-10/h1-5,11-12,16H,6-9H2,(H,18,19)/t11-,12-/m1/s1. The van der Waals surface area contributed by atoms with Gasteiger partial charge in [0.2, 0.25) is 5.91 Å². The number of rotatable bonds is 5. The molecule has 20 heavy (non-hydrogen) atoms. The van der Waals surface area contributed by atoms with E-state index in [4.69, 9.17) is 9.84 Å². The number of carbonyl (C=O) groups is 2. The molecule has 2 atom stereocenters. The zero-order valence-electron chi connectivity index (χ0n) is 10.9. The van der Waals surface area contributed by atoms with Crippen LogP contribution in [0, 0.1) is 0 Å². The van der Waals surface area contributed by atoms with E-state index in [0.29, 0.717) is 5.75 Å². The van der Waals surface area contributed by atoms with Crippen LogP contribution in [0.15, 0.2) is 30.3 Å². The molecule has 1 amide bonds. The highest BCUT2D eigenvalue weighted by molar-refractivity contribution is 5.81. The van der Waals surface area contributed by atoms with Crippen LogP contribution in [0.2, 0.25) is 0 Å². The number of benzene rings is 1. The number of ether oxygens (including phenoxy) is 1. The molecule has 108 valence electrons. The number of aliphatic hydroxyl groups is 1. The summed E-state index contributed by atoms with van der Waals surface area (Å²) in [5, 5.41) is 18.5. The Hall–Kier alpha value is -2.08. The number of para-hydroxylation sites is 1. The zero-order chi connectivity index (χ0) is 14.5. The third-order valence-electron chi connectivity index (χ3n) is 3.17. The van der Waals surface area contributed by atoms with E-state index in [1.54, 1.807) is 12.1 Å². The molecule has 1 aromatic rings. The van der Waals surface area contributed by atoms with Crippen molar-refractivity contribution in [2.75, 3.05) is 13.1 Å². The average molecular weight is 279 g/mol. The number of carboxylic acid groups (broad SMARTS) is 1. The lowest BCUT2D eigenvalue weighted by atomic mass is 10.2. The highest BCUT2D eigenvalue weighted by Gasteiger charge is 2.35. The van der Waals surface area contributed by atoms with Crippen LogP contribution in [0.3, 0.4) is 0 Å². The maximum Gasteiger partial charge on any atom is 0.303 e. The number of amides is 1. The molecule has 6 nitrogen and oxygen atoms in total. The number of carboxylic acids is 1. The Morgan fingerprint density at radius 1 is 1.20 bits per heavy atom. The van der Waals surface area contributed by atoms with Crippen LogP contribution >= 0.6 is 0 Å². The van der Waals surface area contributed by atoms with E-state index in [1.165, 1.54) is 4.90 Å². The van der Waals surface area contributed by atoms with Crippen LogP contribution in [-0.2, 0) is 9.59 Å². The molecule has 1 heterocycles. The van der Waals surface area contributed by atoms with E-state index in [0.717, 1.165) is 0 Å². The number of hydrogen-bond acceptors (Lipinski definition) is 4. The second-order valence-corrected chi connectivity index (χ2v) is 4.73. The van der Waals surface area contributed by atoms with Gasteiger partial charge >= 0.3 is 5.97 Å². The summed E-state index contributed by atoms with van der Waals surface area (Å²) in [6.45, 7) is 0.449. The maximum absolute atomic E-state index is 11.8. The molecule has 2 rings (SSSR count). The van der Waals surface area contributed by atoms with Gasteiger partial charge in [-0.1, -0.05) is 18.2 Å². The van der Waals surface area contributed by atoms with E-state index in [9.17, 15) is 14.7 Å². The Bertz CT molecular complexity index is 476. The average Bonchev–Trinajstić information content (AvgIpc) is 2.79. The smallest absolute Gasteiger partial charge is 0.303 e. The number of carbonyl (C=O) groups excluding carboxylic acids is 1. The lowest BCUT2D eigenvalue weighted by molar-refractivity contribution is -0.140. The predicted octanol–water partition coefficient (Wildman–Crippen LogP) is 0.502. The quantitative estimate of drug-likeness (QED) is 0.819. The maximum atomic E-state index is 11.8. The first-order valence-electron chi connectivity index (χ1n) is 6.45. The van der Waals surface area contributed by atoms with Gasteiger partial charge < -0.3 is 19.8 Å². The molecule has 0 radical (unpaired) electrons. The Labute approximate surface area is 116 Å². The molecule has 0 spiro atoms. The zero-order valence-corrected chi connectivity index (χ0v) is 10.9. The molecular weight excluding hydrogens is 262 g/mol. The van der Waals surface area contributed by atoms with Gasteiger partial charge in [-0.05, 0) is 12.1 Å². The molecule has 1 aliphatic rings. The van der Waals surface area contributed by atoms with Crippen molar-refractivity contribution in [1.82, 2.24) is 4.90 Å². The summed E-state index contributed by atoms with van der Waals surface area (Å²) in [6, 6.07) is 9.07. The van der Waals surface area contributed by atoms with Gasteiger partial charge in [0, 0.05) is 6.42 Å². The number of likely N-dealkylation sites (tertiary alicyclic amines) is 1. The minimum atomic E-state index is -1.00. The van der Waals surface area contributed by atoms with Gasteiger partial charge in [-0.25, -0.2) is 0 Å². The van der Waals surface area contributed by atoms with Crippen LogP contribution in [0.25, 0.3) is 0 Å². The van der Waals surface area contributed by atoms with Crippen molar-refractivity contribution in [3.05, 3.63) is 30.3 Å². The van der Waals surface area contributed by atoms with Gasteiger partial charge in [0.15, 0.2) is 0 Å². The van der Waals surface area contributed by atoms with Crippen molar-refractivity contribution in [2.45, 2.75) is 25.0 Å². The number of nitrogens with zero attached hydrogens (tertiary/aromatic N) is 1. The van der Waals surface area contributed by atoms with Gasteiger partial charge in [0.25, 0.3) is 0 Å². The summed E-state index contributed by atoms with van der Waals surface area (Å²) in [6.07, 6.45) is -1.49. The summed E-state index contributed by atoms with van der Waals surface area (Å²) in [7, 11) is 0. The van der Waals surface area contributed by atoms with E-state index >= 15 is 0 Å². The van der Waals surface area contributed by atoms with Crippen LogP contribution in [0.1, 0.15) is 12.8 Å². The molecule has 0 aromatic heterocycles. The second kappa shape index (κ2) is 6.38. The van der Waals surface area contributed by atoms with Gasteiger partial charge in [-0.2, -0.15) is 0 Å². The molecule has 2 N–H and O–H groups in total. The first-order chi connectivity index (χ1) is 9.56. The summed E-state index contributed by atoms with van der Waals surface area (Å²) in [5.41, 5.74) is 0. The molecule has 0 aliphatic carbocycles. The normalized spacial score (nSPS) is 21.8. The fourth-order valence-electron chi connectivity index (χ4n) is 2.12. The van der Waals surface area contributed by atoms with E-state index in [1.807, 2.05) is 18.2 Å². The summed E-state index contributed by atoms with van der Waals surface area (Å²) in [5.74, 6) is -0.642. The SMILES string of the molecule is O=C(O)CCC(=O)N1C[C@@H](O)[C@H](Oc2ccccc2)C1. The van der Waals surface area contributed by atoms with Crippen LogP contribution in [0.4, 0.5) is 0 Å². The minimum absolute atomic E-state index is 0.0554. The van der Waals surface area contributed by atoms with Crippen LogP contribution in [0.5, 0.6) is 5.75 Å². The summed E-state index contributed by atoms with van der Waals surface area (Å²) < 4.78 is 5.63. The lowest BCUT2D eigenvalue weighted by Crippen LogP contribution is -2.31. The fourth-order valence-corrected chi connectivity index (χ4v) is 2.12. The summed E-state index contributed by atoms with van der Waals surface area (Å²) in [4.78, 5) is 23.7. The minimum Gasteiger partial charge on any atom is -0.486 e. The molecule has 0 saturated carbocycles. The van der Waals surface area contributed by atoms with Gasteiger partial charge in [-0.3, -0.25) is 9.59 Å². The van der Waals surface area contributed by atoms with Crippen molar-refractivity contribution in [1.29, 1.82) is 0 Å². The lowest BCUT2D eigenvalue weighted by Gasteiger charge is -2.17. The van der Waals surface area contributed by atoms with Crippen LogP contribution < -0.4 is 4.74 Å². The summed E-state index contributed by atoms with van der Waals surface area (Å²) >= 11 is 0. The Balaban J connectivity index is 1.88. The third kappa shape index (κ3) is 3.71. The second-order valence-electron chi connectivity index (χ2n) is 4.73. The molecular formula is C14H17NO5. The molecule has 0 unspecified atom stereocenters. The highest BCUT2D eigenvalue weighted by Crippen LogP contribution is 2.19. The van der Waals surface area contributed by atoms with Crippen molar-refractivity contribution >= 4 is 11.9 Å². The molecule has 0 bridgehead atoms. The van der Waals surface area contributed by atoms with Gasteiger partial charge in [-0.15, -0.1) is 0 Å². The highest BCUT2D eigenvalue weighted by atomic mass is 16.5. The molecule has 1 aliphatic heterocycles. The fraction of sp³-hybridized carbons (Fsp3) is 0.429. The topological polar surface area (TPSA) is 87.1 Å². The molecule has 1 fully saturated rings. The molecule has 1 saturated heterocycles. The van der Waals surface area contributed by atoms with Crippen molar-refractivity contribution in [2.24, 2.45) is 0 Å².